The molecule has 2 rings (SSSR count). The number of pyridine rings is 1. The summed E-state index contributed by atoms with van der Waals surface area (Å²) in [5.74, 6) is 0.621. The fourth-order valence-electron chi connectivity index (χ4n) is 3.18. The van der Waals surface area contributed by atoms with Crippen LogP contribution in [0, 0.1) is 11.8 Å². The van der Waals surface area contributed by atoms with Gasteiger partial charge in [-0.1, -0.05) is 39.2 Å². The van der Waals surface area contributed by atoms with E-state index in [0.29, 0.717) is 5.92 Å². The highest BCUT2D eigenvalue weighted by molar-refractivity contribution is 5.20. The summed E-state index contributed by atoms with van der Waals surface area (Å²) in [5.41, 5.74) is 0.288. The van der Waals surface area contributed by atoms with E-state index in [0.717, 1.165) is 18.4 Å². The molecule has 1 aliphatic carbocycles. The zero-order valence-electron chi connectivity index (χ0n) is 10.9. The third-order valence-electron chi connectivity index (χ3n) is 4.23. The predicted octanol–water partition coefficient (Wildman–Crippen LogP) is 3.51. The number of hydrogen-bond acceptors (Lipinski definition) is 2. The molecular weight excluding hydrogens is 210 g/mol. The van der Waals surface area contributed by atoms with Crippen molar-refractivity contribution in [2.45, 2.75) is 51.6 Å². The van der Waals surface area contributed by atoms with Crippen molar-refractivity contribution >= 4 is 0 Å². The minimum absolute atomic E-state index is 0.231. The van der Waals surface area contributed by atoms with Gasteiger partial charge in [0.2, 0.25) is 0 Å². The number of rotatable bonds is 3. The summed E-state index contributed by atoms with van der Waals surface area (Å²) < 4.78 is 0. The molecule has 0 aromatic carbocycles. The molecule has 17 heavy (non-hydrogen) atoms. The quantitative estimate of drug-likeness (QED) is 0.866. The van der Waals surface area contributed by atoms with Crippen molar-refractivity contribution < 1.29 is 5.11 Å². The van der Waals surface area contributed by atoms with E-state index in [1.165, 1.54) is 19.3 Å². The first-order valence-electron chi connectivity index (χ1n) is 6.78. The Bertz CT molecular complexity index is 343. The van der Waals surface area contributed by atoms with Crippen LogP contribution >= 0.6 is 0 Å². The number of aliphatic hydroxyl groups is 1. The van der Waals surface area contributed by atoms with Gasteiger partial charge >= 0.3 is 0 Å². The van der Waals surface area contributed by atoms with Crippen LogP contribution in [0.5, 0.6) is 0 Å². The van der Waals surface area contributed by atoms with Crippen LogP contribution in [0.2, 0.25) is 0 Å². The van der Waals surface area contributed by atoms with E-state index in [2.05, 4.69) is 18.8 Å². The molecule has 0 aliphatic heterocycles. The second-order valence-corrected chi connectivity index (χ2v) is 5.56. The summed E-state index contributed by atoms with van der Waals surface area (Å²) in [7, 11) is 0. The maximum Gasteiger partial charge on any atom is 0.0962 e. The molecule has 1 aromatic rings. The van der Waals surface area contributed by atoms with Gasteiger partial charge in [-0.2, -0.15) is 0 Å². The van der Waals surface area contributed by atoms with Gasteiger partial charge in [0.25, 0.3) is 0 Å². The molecule has 2 heteroatoms. The van der Waals surface area contributed by atoms with Crippen LogP contribution in [0.1, 0.15) is 51.5 Å². The molecular formula is C15H23NO. The Hall–Kier alpha value is -0.890. The van der Waals surface area contributed by atoms with Crippen LogP contribution in [0.15, 0.2) is 24.5 Å². The smallest absolute Gasteiger partial charge is 0.0962 e. The van der Waals surface area contributed by atoms with Crippen molar-refractivity contribution in [3.05, 3.63) is 30.1 Å². The van der Waals surface area contributed by atoms with Crippen molar-refractivity contribution in [1.29, 1.82) is 0 Å². The van der Waals surface area contributed by atoms with Gasteiger partial charge in [0.05, 0.1) is 5.60 Å². The standard InChI is InChI=1S/C15H23NO/c1-12(2)15(17,13-7-4-3-5-8-13)14-9-6-10-16-11-14/h6,9-13,17H,3-5,7-8H2,1-2H3. The van der Waals surface area contributed by atoms with Crippen molar-refractivity contribution in [2.24, 2.45) is 11.8 Å². The lowest BCUT2D eigenvalue weighted by Gasteiger charge is -2.41. The van der Waals surface area contributed by atoms with Gasteiger partial charge in [-0.25, -0.2) is 0 Å². The van der Waals surface area contributed by atoms with Gasteiger partial charge in [-0.05, 0) is 30.7 Å². The Morgan fingerprint density at radius 1 is 1.29 bits per heavy atom. The maximum absolute atomic E-state index is 11.1. The summed E-state index contributed by atoms with van der Waals surface area (Å²) >= 11 is 0. The summed E-state index contributed by atoms with van der Waals surface area (Å²) in [6.07, 6.45) is 9.70. The first kappa shape index (κ1) is 12.6. The van der Waals surface area contributed by atoms with Crippen LogP contribution in [0.3, 0.4) is 0 Å². The lowest BCUT2D eigenvalue weighted by Crippen LogP contribution is -2.41. The molecule has 1 aromatic heterocycles. The second-order valence-electron chi connectivity index (χ2n) is 5.56. The predicted molar refractivity (Wildman–Crippen MR) is 69.5 cm³/mol. The molecule has 1 saturated carbocycles. The molecule has 0 radical (unpaired) electrons. The third-order valence-corrected chi connectivity index (χ3v) is 4.23. The first-order chi connectivity index (χ1) is 8.15. The number of aromatic nitrogens is 1. The number of hydrogen-bond donors (Lipinski definition) is 1. The third kappa shape index (κ3) is 2.37. The molecule has 0 amide bonds. The fraction of sp³-hybridized carbons (Fsp3) is 0.667. The van der Waals surface area contributed by atoms with Crippen molar-refractivity contribution in [3.63, 3.8) is 0 Å². The Morgan fingerprint density at radius 3 is 2.53 bits per heavy atom. The Kier molecular flexibility index (Phi) is 3.82. The van der Waals surface area contributed by atoms with Crippen molar-refractivity contribution in [2.75, 3.05) is 0 Å². The van der Waals surface area contributed by atoms with E-state index in [9.17, 15) is 5.11 Å². The average molecular weight is 233 g/mol. The molecule has 1 unspecified atom stereocenters. The summed E-state index contributed by atoms with van der Waals surface area (Å²) in [5, 5.41) is 11.1. The second kappa shape index (κ2) is 5.18. The van der Waals surface area contributed by atoms with E-state index in [1.54, 1.807) is 6.20 Å². The zero-order valence-corrected chi connectivity index (χ0v) is 10.9. The van der Waals surface area contributed by atoms with Crippen LogP contribution in [0.4, 0.5) is 0 Å². The van der Waals surface area contributed by atoms with Crippen LogP contribution in [0.25, 0.3) is 0 Å². The van der Waals surface area contributed by atoms with Crippen molar-refractivity contribution in [3.8, 4) is 0 Å². The highest BCUT2D eigenvalue weighted by Crippen LogP contribution is 2.43. The van der Waals surface area contributed by atoms with Gasteiger partial charge in [-0.3, -0.25) is 4.98 Å². The van der Waals surface area contributed by atoms with Crippen LogP contribution in [-0.2, 0) is 5.60 Å². The van der Waals surface area contributed by atoms with Gasteiger partial charge in [-0.15, -0.1) is 0 Å². The fourth-order valence-corrected chi connectivity index (χ4v) is 3.18. The molecule has 1 N–H and O–H groups in total. The summed E-state index contributed by atoms with van der Waals surface area (Å²) in [6.45, 7) is 4.23. The summed E-state index contributed by atoms with van der Waals surface area (Å²) in [4.78, 5) is 4.17. The molecule has 1 heterocycles. The minimum Gasteiger partial charge on any atom is -0.385 e. The van der Waals surface area contributed by atoms with Crippen LogP contribution < -0.4 is 0 Å². The molecule has 0 bridgehead atoms. The minimum atomic E-state index is -0.700. The summed E-state index contributed by atoms with van der Waals surface area (Å²) in [6, 6.07) is 3.94. The molecule has 1 fully saturated rings. The Labute approximate surface area is 104 Å². The van der Waals surface area contributed by atoms with E-state index >= 15 is 0 Å². The Balaban J connectivity index is 2.31. The van der Waals surface area contributed by atoms with Crippen molar-refractivity contribution in [1.82, 2.24) is 4.98 Å². The van der Waals surface area contributed by atoms with Crippen LogP contribution in [-0.4, -0.2) is 10.1 Å². The van der Waals surface area contributed by atoms with Gasteiger partial charge in [0.1, 0.15) is 0 Å². The van der Waals surface area contributed by atoms with E-state index in [-0.39, 0.29) is 5.92 Å². The maximum atomic E-state index is 11.1. The van der Waals surface area contributed by atoms with E-state index in [1.807, 2.05) is 18.3 Å². The monoisotopic (exact) mass is 233 g/mol. The molecule has 0 saturated heterocycles. The normalized spacial score (nSPS) is 21.4. The SMILES string of the molecule is CC(C)C(O)(c1cccnc1)C1CCCCC1. The van der Waals surface area contributed by atoms with E-state index in [4.69, 9.17) is 0 Å². The largest absolute Gasteiger partial charge is 0.385 e. The molecule has 94 valence electrons. The molecule has 1 atom stereocenters. The lowest BCUT2D eigenvalue weighted by molar-refractivity contribution is -0.0777. The highest BCUT2D eigenvalue weighted by Gasteiger charge is 2.41. The molecule has 2 nitrogen and oxygen atoms in total. The van der Waals surface area contributed by atoms with E-state index < -0.39 is 5.60 Å². The molecule has 1 aliphatic rings. The highest BCUT2D eigenvalue weighted by atomic mass is 16.3. The number of nitrogens with zero attached hydrogens (tertiary/aromatic N) is 1. The van der Waals surface area contributed by atoms with Gasteiger partial charge < -0.3 is 5.11 Å². The average Bonchev–Trinajstić information content (AvgIpc) is 2.39. The first-order valence-corrected chi connectivity index (χ1v) is 6.78. The van der Waals surface area contributed by atoms with Gasteiger partial charge in [0, 0.05) is 18.0 Å². The Morgan fingerprint density at radius 2 is 2.00 bits per heavy atom. The van der Waals surface area contributed by atoms with Gasteiger partial charge in [0.15, 0.2) is 0 Å². The zero-order chi connectivity index (χ0) is 12.3. The molecule has 0 spiro atoms. The topological polar surface area (TPSA) is 33.1 Å². The lowest BCUT2D eigenvalue weighted by atomic mass is 9.68.